The lowest BCUT2D eigenvalue weighted by molar-refractivity contribution is -0.189. The Labute approximate surface area is 175 Å². The predicted molar refractivity (Wildman–Crippen MR) is 102 cm³/mol. The van der Waals surface area contributed by atoms with E-state index < -0.39 is 18.2 Å². The molecule has 2 aromatic carbocycles. The Balaban J connectivity index is 1.84. The number of nitrogens with zero attached hydrogens (tertiary/aromatic N) is 2. The summed E-state index contributed by atoms with van der Waals surface area (Å²) in [6.07, 6.45) is -6.76. The second kappa shape index (κ2) is 8.13. The van der Waals surface area contributed by atoms with Crippen LogP contribution >= 0.6 is 23.2 Å². The SMILES string of the molecule is CC(Oc1ccc(C#N)c(Cl)c1C(=O)N1CC(c2ccc(Cl)cc2)C1)C(F)(F)F. The molecule has 0 saturated carbocycles. The van der Waals surface area contributed by atoms with Gasteiger partial charge in [0.1, 0.15) is 17.4 Å². The zero-order valence-corrected chi connectivity index (χ0v) is 16.6. The van der Waals surface area contributed by atoms with Crippen molar-refractivity contribution in [2.45, 2.75) is 25.1 Å². The van der Waals surface area contributed by atoms with Crippen LogP contribution in [0.3, 0.4) is 0 Å². The van der Waals surface area contributed by atoms with E-state index in [1.165, 1.54) is 11.0 Å². The van der Waals surface area contributed by atoms with Crippen LogP contribution in [0.5, 0.6) is 5.75 Å². The summed E-state index contributed by atoms with van der Waals surface area (Å²) in [5, 5.41) is 9.53. The van der Waals surface area contributed by atoms with Gasteiger partial charge in [-0.25, -0.2) is 0 Å². The first kappa shape index (κ1) is 21.3. The van der Waals surface area contributed by atoms with Crippen LogP contribution in [0.15, 0.2) is 36.4 Å². The molecule has 0 bridgehead atoms. The van der Waals surface area contributed by atoms with Crippen molar-refractivity contribution >= 4 is 29.1 Å². The number of rotatable bonds is 4. The Morgan fingerprint density at radius 3 is 2.38 bits per heavy atom. The Morgan fingerprint density at radius 2 is 1.83 bits per heavy atom. The van der Waals surface area contributed by atoms with E-state index in [1.807, 2.05) is 18.2 Å². The third-order valence-corrected chi connectivity index (χ3v) is 5.36. The van der Waals surface area contributed by atoms with Gasteiger partial charge in [0, 0.05) is 24.0 Å². The van der Waals surface area contributed by atoms with E-state index in [0.29, 0.717) is 18.1 Å². The first-order chi connectivity index (χ1) is 13.6. The number of benzene rings is 2. The molecule has 1 atom stereocenters. The minimum atomic E-state index is -4.61. The summed E-state index contributed by atoms with van der Waals surface area (Å²) >= 11 is 12.0. The highest BCUT2D eigenvalue weighted by molar-refractivity contribution is 6.35. The van der Waals surface area contributed by atoms with Gasteiger partial charge in [-0.1, -0.05) is 35.3 Å². The first-order valence-electron chi connectivity index (χ1n) is 8.62. The number of ether oxygens (including phenoxy) is 1. The maximum atomic E-state index is 12.9. The van der Waals surface area contributed by atoms with Crippen molar-refractivity contribution in [3.05, 3.63) is 63.1 Å². The van der Waals surface area contributed by atoms with Gasteiger partial charge in [0.2, 0.25) is 0 Å². The standard InChI is InChI=1S/C20H15Cl2F3N2O2/c1-11(20(23,24)25)29-16-7-4-13(8-26)18(22)17(16)19(28)27-9-14(10-27)12-2-5-15(21)6-3-12/h2-7,11,14H,9-10H2,1H3. The molecule has 1 heterocycles. The largest absolute Gasteiger partial charge is 0.480 e. The highest BCUT2D eigenvalue weighted by atomic mass is 35.5. The number of amides is 1. The summed E-state index contributed by atoms with van der Waals surface area (Å²) in [5.74, 6) is -0.812. The number of hydrogen-bond donors (Lipinski definition) is 0. The molecule has 1 unspecified atom stereocenters. The molecule has 4 nitrogen and oxygen atoms in total. The zero-order valence-electron chi connectivity index (χ0n) is 15.1. The van der Waals surface area contributed by atoms with Gasteiger partial charge in [-0.2, -0.15) is 18.4 Å². The Morgan fingerprint density at radius 1 is 1.21 bits per heavy atom. The molecule has 1 amide bonds. The molecule has 0 aliphatic carbocycles. The number of likely N-dealkylation sites (tertiary alicyclic amines) is 1. The molecule has 0 N–H and O–H groups in total. The maximum Gasteiger partial charge on any atom is 0.425 e. The lowest BCUT2D eigenvalue weighted by Gasteiger charge is -2.40. The molecule has 29 heavy (non-hydrogen) atoms. The fourth-order valence-corrected chi connectivity index (χ4v) is 3.35. The van der Waals surface area contributed by atoms with E-state index in [-0.39, 0.29) is 27.8 Å². The van der Waals surface area contributed by atoms with Crippen LogP contribution < -0.4 is 4.74 Å². The minimum absolute atomic E-state index is 0.0168. The topological polar surface area (TPSA) is 53.3 Å². The molecule has 1 aliphatic heterocycles. The quantitative estimate of drug-likeness (QED) is 0.633. The molecule has 152 valence electrons. The van der Waals surface area contributed by atoms with Crippen LogP contribution in [0.25, 0.3) is 0 Å². The maximum absolute atomic E-state index is 12.9. The molecule has 3 rings (SSSR count). The molecular weight excluding hydrogens is 428 g/mol. The van der Waals surface area contributed by atoms with E-state index in [9.17, 15) is 18.0 Å². The lowest BCUT2D eigenvalue weighted by Crippen LogP contribution is -2.48. The first-order valence-corrected chi connectivity index (χ1v) is 9.38. The van der Waals surface area contributed by atoms with Gasteiger partial charge >= 0.3 is 6.18 Å². The third-order valence-electron chi connectivity index (χ3n) is 4.71. The summed E-state index contributed by atoms with van der Waals surface area (Å²) in [6.45, 7) is 1.56. The third kappa shape index (κ3) is 4.44. The van der Waals surface area contributed by atoms with Crippen LogP contribution in [0, 0.1) is 11.3 Å². The minimum Gasteiger partial charge on any atom is -0.480 e. The molecule has 0 radical (unpaired) electrons. The highest BCUT2D eigenvalue weighted by Gasteiger charge is 2.40. The van der Waals surface area contributed by atoms with E-state index in [2.05, 4.69) is 0 Å². The fraction of sp³-hybridized carbons (Fsp3) is 0.300. The van der Waals surface area contributed by atoms with Crippen molar-refractivity contribution < 1.29 is 22.7 Å². The number of nitriles is 1. The van der Waals surface area contributed by atoms with Crippen LogP contribution in [0.2, 0.25) is 10.0 Å². The molecule has 9 heteroatoms. The van der Waals surface area contributed by atoms with Gasteiger partial charge in [-0.15, -0.1) is 0 Å². The van der Waals surface area contributed by atoms with E-state index in [0.717, 1.165) is 18.6 Å². The normalized spacial score (nSPS) is 15.4. The summed E-state index contributed by atoms with van der Waals surface area (Å²) in [4.78, 5) is 14.4. The molecular formula is C20H15Cl2F3N2O2. The van der Waals surface area contributed by atoms with Gasteiger partial charge in [0.15, 0.2) is 6.10 Å². The van der Waals surface area contributed by atoms with Crippen molar-refractivity contribution in [2.24, 2.45) is 0 Å². The average Bonchev–Trinajstić information content (AvgIpc) is 2.61. The van der Waals surface area contributed by atoms with Crippen LogP contribution in [-0.4, -0.2) is 36.2 Å². The van der Waals surface area contributed by atoms with Crippen molar-refractivity contribution in [2.75, 3.05) is 13.1 Å². The number of hydrogen-bond acceptors (Lipinski definition) is 3. The number of alkyl halides is 3. The van der Waals surface area contributed by atoms with Crippen molar-refractivity contribution in [3.63, 3.8) is 0 Å². The predicted octanol–water partition coefficient (Wildman–Crippen LogP) is 5.43. The van der Waals surface area contributed by atoms with Crippen LogP contribution in [-0.2, 0) is 0 Å². The number of carbonyl (C=O) groups excluding carboxylic acids is 1. The van der Waals surface area contributed by atoms with Crippen molar-refractivity contribution in [1.82, 2.24) is 4.90 Å². The summed E-state index contributed by atoms with van der Waals surface area (Å²) in [6, 6.07) is 11.4. The summed E-state index contributed by atoms with van der Waals surface area (Å²) in [7, 11) is 0. The molecule has 0 spiro atoms. The smallest absolute Gasteiger partial charge is 0.425 e. The zero-order chi connectivity index (χ0) is 21.3. The average molecular weight is 443 g/mol. The molecule has 0 aromatic heterocycles. The fourth-order valence-electron chi connectivity index (χ4n) is 2.95. The molecule has 2 aromatic rings. The Kier molecular flexibility index (Phi) is 5.97. The van der Waals surface area contributed by atoms with Gasteiger partial charge in [-0.3, -0.25) is 4.79 Å². The van der Waals surface area contributed by atoms with Crippen molar-refractivity contribution in [3.8, 4) is 11.8 Å². The monoisotopic (exact) mass is 442 g/mol. The summed E-state index contributed by atoms with van der Waals surface area (Å²) < 4.78 is 43.7. The Bertz CT molecular complexity index is 965. The Hall–Kier alpha value is -2.43. The highest BCUT2D eigenvalue weighted by Crippen LogP contribution is 2.37. The summed E-state index contributed by atoms with van der Waals surface area (Å²) in [5.41, 5.74) is 0.741. The van der Waals surface area contributed by atoms with Gasteiger partial charge in [0.05, 0.1) is 10.6 Å². The van der Waals surface area contributed by atoms with Crippen LogP contribution in [0.1, 0.15) is 34.3 Å². The lowest BCUT2D eigenvalue weighted by atomic mass is 9.90. The second-order valence-electron chi connectivity index (χ2n) is 6.67. The number of halogens is 5. The van der Waals surface area contributed by atoms with Crippen LogP contribution in [0.4, 0.5) is 13.2 Å². The second-order valence-corrected chi connectivity index (χ2v) is 7.49. The van der Waals surface area contributed by atoms with Crippen molar-refractivity contribution in [1.29, 1.82) is 5.26 Å². The molecule has 1 saturated heterocycles. The van der Waals surface area contributed by atoms with Gasteiger partial charge < -0.3 is 9.64 Å². The van der Waals surface area contributed by atoms with Gasteiger partial charge in [-0.05, 0) is 36.8 Å². The molecule has 1 aliphatic rings. The number of carbonyl (C=O) groups is 1. The van der Waals surface area contributed by atoms with E-state index >= 15 is 0 Å². The van der Waals surface area contributed by atoms with E-state index in [1.54, 1.807) is 12.1 Å². The van der Waals surface area contributed by atoms with E-state index in [4.69, 9.17) is 33.2 Å². The van der Waals surface area contributed by atoms with Gasteiger partial charge in [0.25, 0.3) is 5.91 Å². The molecule has 1 fully saturated rings.